The third-order valence-corrected chi connectivity index (χ3v) is 7.95. The lowest BCUT2D eigenvalue weighted by Gasteiger charge is -2.28. The first-order valence-electron chi connectivity index (χ1n) is 6.94. The number of rotatable bonds is 1. The maximum atomic E-state index is 4.34. The molecule has 1 saturated carbocycles. The van der Waals surface area contributed by atoms with Gasteiger partial charge in [-0.2, -0.15) is 0 Å². The van der Waals surface area contributed by atoms with Crippen molar-refractivity contribution in [2.45, 2.75) is 70.4 Å². The van der Waals surface area contributed by atoms with Gasteiger partial charge >= 0.3 is 0 Å². The number of allylic oxidation sites excluding steroid dienone is 1. The third kappa shape index (κ3) is 4.85. The summed E-state index contributed by atoms with van der Waals surface area (Å²) in [6.07, 6.45) is 6.71. The molecule has 0 aromatic rings. The zero-order valence-corrected chi connectivity index (χ0v) is 14.3. The van der Waals surface area contributed by atoms with Gasteiger partial charge in [0.15, 0.2) is 0 Å². The molecule has 0 saturated heterocycles. The molecule has 1 rings (SSSR count). The van der Waals surface area contributed by atoms with E-state index in [1.807, 2.05) is 0 Å². The van der Waals surface area contributed by atoms with E-state index >= 15 is 0 Å². The quantitative estimate of drug-likeness (QED) is 0.270. The van der Waals surface area contributed by atoms with Crippen LogP contribution < -0.4 is 0 Å². The summed E-state index contributed by atoms with van der Waals surface area (Å²) in [7, 11) is -2.65. The van der Waals surface area contributed by atoms with E-state index in [4.69, 9.17) is 0 Å². The molecule has 0 aromatic heterocycles. The average molecular weight is 265 g/mol. The molecule has 0 N–H and O–H groups in total. The zero-order chi connectivity index (χ0) is 13.1. The van der Waals surface area contributed by atoms with E-state index in [1.165, 1.54) is 37.7 Å². The molecule has 1 aliphatic carbocycles. The average Bonchev–Trinajstić information content (AvgIpc) is 2.39. The van der Waals surface area contributed by atoms with Gasteiger partial charge in [-0.25, -0.2) is 0 Å². The molecule has 0 radical (unpaired) electrons. The van der Waals surface area contributed by atoms with Gasteiger partial charge in [0, 0.05) is 0 Å². The molecular weight excluding hydrogens is 236 g/mol. The Morgan fingerprint density at radius 2 is 1.65 bits per heavy atom. The molecule has 1 atom stereocenters. The fourth-order valence-electron chi connectivity index (χ4n) is 2.56. The second-order valence-corrected chi connectivity index (χ2v) is 16.2. The molecular formula is C15H28Si2. The van der Waals surface area contributed by atoms with E-state index in [0.717, 1.165) is 5.54 Å². The highest BCUT2D eigenvalue weighted by molar-refractivity contribution is 6.90. The fourth-order valence-corrected chi connectivity index (χ4v) is 7.62. The van der Waals surface area contributed by atoms with Crippen LogP contribution in [0.5, 0.6) is 0 Å². The Balaban J connectivity index is 2.86. The molecule has 0 bridgehead atoms. The normalized spacial score (nSPS) is 22.6. The second-order valence-electron chi connectivity index (χ2n) is 7.03. The molecule has 17 heavy (non-hydrogen) atoms. The Bertz CT molecular complexity index is 336. The van der Waals surface area contributed by atoms with Gasteiger partial charge in [-0.3, -0.25) is 0 Å². The Hall–Kier alpha value is -0.266. The minimum absolute atomic E-state index is 0.744. The van der Waals surface area contributed by atoms with Crippen molar-refractivity contribution < 1.29 is 0 Å². The fraction of sp³-hybridized carbons (Fsp3) is 0.733. The van der Waals surface area contributed by atoms with Crippen LogP contribution in [0.4, 0.5) is 0 Å². The molecule has 2 heteroatoms. The maximum absolute atomic E-state index is 4.34. The van der Waals surface area contributed by atoms with Gasteiger partial charge in [-0.05, 0) is 24.8 Å². The monoisotopic (exact) mass is 264 g/mol. The maximum Gasteiger partial charge on any atom is 0.138 e. The van der Waals surface area contributed by atoms with Gasteiger partial charge in [0.1, 0.15) is 16.1 Å². The molecule has 0 aliphatic heterocycles. The topological polar surface area (TPSA) is 0 Å². The van der Waals surface area contributed by atoms with E-state index in [2.05, 4.69) is 50.4 Å². The minimum Gasteiger partial charge on any atom is -0.139 e. The van der Waals surface area contributed by atoms with E-state index in [9.17, 15) is 0 Å². The Morgan fingerprint density at radius 3 is 2.24 bits per heavy atom. The Labute approximate surface area is 110 Å². The van der Waals surface area contributed by atoms with Gasteiger partial charge in [-0.15, -0.1) is 11.1 Å². The van der Waals surface area contributed by atoms with E-state index < -0.39 is 16.1 Å². The summed E-state index contributed by atoms with van der Waals surface area (Å²) in [5, 5.41) is 0. The van der Waals surface area contributed by atoms with Crippen molar-refractivity contribution >= 4 is 16.1 Å². The highest BCUT2D eigenvalue weighted by Crippen LogP contribution is 2.38. The van der Waals surface area contributed by atoms with Crippen LogP contribution in [0, 0.1) is 11.1 Å². The smallest absolute Gasteiger partial charge is 0.138 e. The van der Waals surface area contributed by atoms with Crippen LogP contribution in [0.2, 0.25) is 38.3 Å². The van der Waals surface area contributed by atoms with Crippen LogP contribution >= 0.6 is 0 Å². The minimum atomic E-state index is -1.43. The van der Waals surface area contributed by atoms with E-state index in [0.29, 0.717) is 0 Å². The van der Waals surface area contributed by atoms with E-state index in [1.54, 1.807) is 0 Å². The Morgan fingerprint density at radius 1 is 1.00 bits per heavy atom. The van der Waals surface area contributed by atoms with Crippen molar-refractivity contribution in [2.24, 2.45) is 0 Å². The number of hydrogen-bond donors (Lipinski definition) is 0. The lowest BCUT2D eigenvalue weighted by Crippen LogP contribution is -2.33. The SMILES string of the molecule is C=C1CCCCCC1[Si](C)(C)C#C[Si](C)(C)C. The lowest BCUT2D eigenvalue weighted by atomic mass is 10.1. The molecule has 0 amide bonds. The molecule has 0 aromatic carbocycles. The van der Waals surface area contributed by atoms with Crippen molar-refractivity contribution in [1.82, 2.24) is 0 Å². The first kappa shape index (κ1) is 14.8. The summed E-state index contributed by atoms with van der Waals surface area (Å²) in [6.45, 7) is 16.3. The molecule has 1 fully saturated rings. The van der Waals surface area contributed by atoms with Crippen molar-refractivity contribution in [3.8, 4) is 11.1 Å². The largest absolute Gasteiger partial charge is 0.139 e. The van der Waals surface area contributed by atoms with Crippen molar-refractivity contribution in [2.75, 3.05) is 0 Å². The van der Waals surface area contributed by atoms with Crippen molar-refractivity contribution in [3.05, 3.63) is 12.2 Å². The molecule has 96 valence electrons. The van der Waals surface area contributed by atoms with Crippen LogP contribution in [0.1, 0.15) is 32.1 Å². The summed E-state index contributed by atoms with van der Waals surface area (Å²) in [6, 6.07) is 0. The predicted octanol–water partition coefficient (Wildman–Crippen LogP) is 5.01. The standard InChI is InChI=1S/C15H28Si2/c1-14-10-8-7-9-11-15(14)17(5,6)13-12-16(2,3)4/h15H,1,7-11H2,2-6H3. The number of hydrogen-bond acceptors (Lipinski definition) is 0. The zero-order valence-electron chi connectivity index (χ0n) is 12.3. The van der Waals surface area contributed by atoms with Gasteiger partial charge in [0.25, 0.3) is 0 Å². The van der Waals surface area contributed by atoms with Crippen molar-refractivity contribution in [3.63, 3.8) is 0 Å². The summed E-state index contributed by atoms with van der Waals surface area (Å²) in [4.78, 5) is 0. The van der Waals surface area contributed by atoms with Crippen LogP contribution in [-0.2, 0) is 0 Å². The molecule has 1 aliphatic rings. The third-order valence-electron chi connectivity index (χ3n) is 3.61. The van der Waals surface area contributed by atoms with Crippen LogP contribution in [0.25, 0.3) is 0 Å². The highest BCUT2D eigenvalue weighted by atomic mass is 28.3. The first-order chi connectivity index (χ1) is 7.72. The second kappa shape index (κ2) is 5.58. The van der Waals surface area contributed by atoms with Crippen molar-refractivity contribution in [1.29, 1.82) is 0 Å². The summed E-state index contributed by atoms with van der Waals surface area (Å²) in [5.41, 5.74) is 9.57. The van der Waals surface area contributed by atoms with E-state index in [-0.39, 0.29) is 0 Å². The van der Waals surface area contributed by atoms with Gasteiger partial charge < -0.3 is 0 Å². The van der Waals surface area contributed by atoms with Crippen LogP contribution in [0.3, 0.4) is 0 Å². The van der Waals surface area contributed by atoms with Gasteiger partial charge in [0.05, 0.1) is 0 Å². The van der Waals surface area contributed by atoms with Crippen LogP contribution in [-0.4, -0.2) is 16.1 Å². The summed E-state index contributed by atoms with van der Waals surface area (Å²) in [5.74, 6) is 0. The predicted molar refractivity (Wildman–Crippen MR) is 84.6 cm³/mol. The molecule has 1 unspecified atom stereocenters. The highest BCUT2D eigenvalue weighted by Gasteiger charge is 2.33. The lowest BCUT2D eigenvalue weighted by molar-refractivity contribution is 0.697. The molecule has 0 nitrogen and oxygen atoms in total. The molecule has 0 spiro atoms. The van der Waals surface area contributed by atoms with Gasteiger partial charge in [0.2, 0.25) is 0 Å². The van der Waals surface area contributed by atoms with Gasteiger partial charge in [-0.1, -0.05) is 57.7 Å². The molecule has 0 heterocycles. The summed E-state index contributed by atoms with van der Waals surface area (Å²) >= 11 is 0. The summed E-state index contributed by atoms with van der Waals surface area (Å²) < 4.78 is 0. The Kier molecular flexibility index (Phi) is 4.86. The first-order valence-corrected chi connectivity index (χ1v) is 13.5. The van der Waals surface area contributed by atoms with Crippen LogP contribution in [0.15, 0.2) is 12.2 Å².